The molecule has 138 valence electrons. The molecule has 0 saturated carbocycles. The van der Waals surface area contributed by atoms with E-state index in [2.05, 4.69) is 58.6 Å². The van der Waals surface area contributed by atoms with Crippen LogP contribution < -0.4 is 5.32 Å². The van der Waals surface area contributed by atoms with Gasteiger partial charge in [0.1, 0.15) is 5.69 Å². The Kier molecular flexibility index (Phi) is 3.53. The molecule has 2 aromatic heterocycles. The molecule has 2 heterocycles. The molecule has 0 fully saturated rings. The van der Waals surface area contributed by atoms with E-state index in [0.29, 0.717) is 11.3 Å². The van der Waals surface area contributed by atoms with Crippen molar-refractivity contribution in [3.63, 3.8) is 0 Å². The van der Waals surface area contributed by atoms with Crippen LogP contribution in [0.25, 0.3) is 22.4 Å². The van der Waals surface area contributed by atoms with Gasteiger partial charge >= 0.3 is 0 Å². The Morgan fingerprint density at radius 3 is 2.93 bits per heavy atom. The number of H-pyrrole nitrogens is 1. The number of rotatable bonds is 3. The Morgan fingerprint density at radius 1 is 1.25 bits per heavy atom. The second kappa shape index (κ2) is 5.96. The van der Waals surface area contributed by atoms with E-state index >= 15 is 0 Å². The van der Waals surface area contributed by atoms with Crippen LogP contribution in [0.2, 0.25) is 0 Å². The van der Waals surface area contributed by atoms with E-state index in [-0.39, 0.29) is 11.5 Å². The van der Waals surface area contributed by atoms with Crippen molar-refractivity contribution in [2.45, 2.75) is 31.7 Å². The Bertz CT molecular complexity index is 1210. The maximum absolute atomic E-state index is 9.24. The van der Waals surface area contributed by atoms with Gasteiger partial charge in [-0.05, 0) is 53.3 Å². The minimum atomic E-state index is 0.0185. The molecular weight excluding hydrogens is 350 g/mol. The van der Waals surface area contributed by atoms with Gasteiger partial charge in [-0.15, -0.1) is 0 Å². The summed E-state index contributed by atoms with van der Waals surface area (Å²) in [5, 5.41) is 21.3. The maximum atomic E-state index is 9.24. The van der Waals surface area contributed by atoms with Crippen LogP contribution in [0.4, 0.5) is 5.69 Å². The maximum Gasteiger partial charge on any atom is 0.181 e. The Hall–Kier alpha value is -3.59. The fourth-order valence-corrected chi connectivity index (χ4v) is 4.20. The SMILES string of the molecule is CC1(C)CC(Nc2ccc3[nH]nc(-c4cnco4)c3c2)c2ccc(C#N)cc21. The van der Waals surface area contributed by atoms with E-state index < -0.39 is 0 Å². The van der Waals surface area contributed by atoms with E-state index in [4.69, 9.17) is 4.42 Å². The van der Waals surface area contributed by atoms with Crippen LogP contribution in [0.3, 0.4) is 0 Å². The molecule has 0 bridgehead atoms. The van der Waals surface area contributed by atoms with E-state index in [0.717, 1.165) is 28.7 Å². The molecule has 6 nitrogen and oxygen atoms in total. The van der Waals surface area contributed by atoms with Crippen molar-refractivity contribution < 1.29 is 4.42 Å². The number of benzene rings is 2. The fourth-order valence-electron chi connectivity index (χ4n) is 4.20. The van der Waals surface area contributed by atoms with Gasteiger partial charge in [0.2, 0.25) is 0 Å². The first kappa shape index (κ1) is 16.6. The minimum absolute atomic E-state index is 0.0185. The predicted octanol–water partition coefficient (Wildman–Crippen LogP) is 4.92. The number of hydrogen-bond donors (Lipinski definition) is 2. The zero-order chi connectivity index (χ0) is 19.3. The monoisotopic (exact) mass is 369 g/mol. The highest BCUT2D eigenvalue weighted by molar-refractivity contribution is 5.93. The van der Waals surface area contributed by atoms with E-state index in [1.807, 2.05) is 18.2 Å². The molecule has 4 aromatic rings. The number of aromatic amines is 1. The summed E-state index contributed by atoms with van der Waals surface area (Å²) in [5.41, 5.74) is 5.95. The zero-order valence-corrected chi connectivity index (χ0v) is 15.7. The van der Waals surface area contributed by atoms with Gasteiger partial charge in [0, 0.05) is 11.1 Å². The van der Waals surface area contributed by atoms with Crippen LogP contribution in [0, 0.1) is 11.3 Å². The highest BCUT2D eigenvalue weighted by Crippen LogP contribution is 2.46. The molecule has 0 amide bonds. The van der Waals surface area contributed by atoms with Gasteiger partial charge in [-0.3, -0.25) is 5.10 Å². The van der Waals surface area contributed by atoms with Gasteiger partial charge < -0.3 is 9.73 Å². The lowest BCUT2D eigenvalue weighted by Gasteiger charge is -2.20. The highest BCUT2D eigenvalue weighted by atomic mass is 16.3. The van der Waals surface area contributed by atoms with Crippen molar-refractivity contribution in [3.05, 3.63) is 65.7 Å². The quantitative estimate of drug-likeness (QED) is 0.535. The van der Waals surface area contributed by atoms with E-state index in [1.165, 1.54) is 17.5 Å². The summed E-state index contributed by atoms with van der Waals surface area (Å²) in [7, 11) is 0. The topological polar surface area (TPSA) is 90.5 Å². The molecule has 1 unspecified atom stereocenters. The lowest BCUT2D eigenvalue weighted by Crippen LogP contribution is -2.14. The first-order valence-corrected chi connectivity index (χ1v) is 9.23. The van der Waals surface area contributed by atoms with Crippen LogP contribution in [0.15, 0.2) is 53.4 Å². The average molecular weight is 369 g/mol. The van der Waals surface area contributed by atoms with Crippen molar-refractivity contribution in [2.75, 3.05) is 5.32 Å². The lowest BCUT2D eigenvalue weighted by molar-refractivity contribution is 0.493. The van der Waals surface area contributed by atoms with Crippen molar-refractivity contribution >= 4 is 16.6 Å². The number of nitrogens with zero attached hydrogens (tertiary/aromatic N) is 3. The van der Waals surface area contributed by atoms with Gasteiger partial charge in [0.05, 0.1) is 29.4 Å². The number of anilines is 1. The van der Waals surface area contributed by atoms with Crippen molar-refractivity contribution in [1.82, 2.24) is 15.2 Å². The largest absolute Gasteiger partial charge is 0.442 e. The number of nitrogens with one attached hydrogen (secondary N) is 2. The smallest absolute Gasteiger partial charge is 0.181 e. The second-order valence-corrected chi connectivity index (χ2v) is 7.90. The van der Waals surface area contributed by atoms with Gasteiger partial charge in [-0.2, -0.15) is 10.4 Å². The standard InChI is InChI=1S/C22H19N5O/c1-22(2)9-19(15-5-3-13(10-23)7-17(15)22)25-14-4-6-18-16(8-14)21(27-26-18)20-11-24-12-28-20/h3-8,11-12,19,25H,9H2,1-2H3,(H,26,27). The number of fused-ring (bicyclic) bond motifs is 2. The van der Waals surface area contributed by atoms with Crippen LogP contribution >= 0.6 is 0 Å². The summed E-state index contributed by atoms with van der Waals surface area (Å²) in [4.78, 5) is 3.99. The lowest BCUT2D eigenvalue weighted by atomic mass is 9.86. The molecule has 28 heavy (non-hydrogen) atoms. The molecule has 5 rings (SSSR count). The van der Waals surface area contributed by atoms with Crippen LogP contribution in [0.1, 0.15) is 43.0 Å². The molecule has 0 spiro atoms. The molecule has 1 aliphatic carbocycles. The summed E-state index contributed by atoms with van der Waals surface area (Å²) in [6.45, 7) is 4.46. The molecule has 2 aromatic carbocycles. The molecule has 0 radical (unpaired) electrons. The normalized spacial score (nSPS) is 17.4. The van der Waals surface area contributed by atoms with Crippen LogP contribution in [-0.2, 0) is 5.41 Å². The number of aromatic nitrogens is 3. The summed E-state index contributed by atoms with van der Waals surface area (Å²) in [6, 6.07) is 14.6. The third-order valence-electron chi connectivity index (χ3n) is 5.57. The number of hydrogen-bond acceptors (Lipinski definition) is 5. The van der Waals surface area contributed by atoms with E-state index in [1.54, 1.807) is 6.20 Å². The Morgan fingerprint density at radius 2 is 2.14 bits per heavy atom. The third kappa shape index (κ3) is 2.55. The molecular formula is C22H19N5O. The van der Waals surface area contributed by atoms with Gasteiger partial charge in [-0.25, -0.2) is 4.98 Å². The van der Waals surface area contributed by atoms with Gasteiger partial charge in [0.25, 0.3) is 0 Å². The fraction of sp³-hybridized carbons (Fsp3) is 0.227. The van der Waals surface area contributed by atoms with Gasteiger partial charge in [-0.1, -0.05) is 19.9 Å². The molecule has 1 aliphatic rings. The van der Waals surface area contributed by atoms with Crippen molar-refractivity contribution in [3.8, 4) is 17.5 Å². The minimum Gasteiger partial charge on any atom is -0.442 e. The van der Waals surface area contributed by atoms with Crippen molar-refractivity contribution in [1.29, 1.82) is 5.26 Å². The molecule has 6 heteroatoms. The zero-order valence-electron chi connectivity index (χ0n) is 15.7. The summed E-state index contributed by atoms with van der Waals surface area (Å²) in [6.07, 6.45) is 4.04. The van der Waals surface area contributed by atoms with Gasteiger partial charge in [0.15, 0.2) is 12.2 Å². The van der Waals surface area contributed by atoms with E-state index in [9.17, 15) is 5.26 Å². The molecule has 0 aliphatic heterocycles. The third-order valence-corrected chi connectivity index (χ3v) is 5.57. The predicted molar refractivity (Wildman–Crippen MR) is 107 cm³/mol. The van der Waals surface area contributed by atoms with Crippen LogP contribution in [0.5, 0.6) is 0 Å². The second-order valence-electron chi connectivity index (χ2n) is 7.90. The first-order valence-electron chi connectivity index (χ1n) is 9.23. The highest BCUT2D eigenvalue weighted by Gasteiger charge is 2.37. The Labute approximate surface area is 162 Å². The summed E-state index contributed by atoms with van der Waals surface area (Å²) >= 11 is 0. The Balaban J connectivity index is 1.51. The average Bonchev–Trinajstić information content (AvgIpc) is 3.40. The summed E-state index contributed by atoms with van der Waals surface area (Å²) < 4.78 is 5.41. The molecule has 2 N–H and O–H groups in total. The number of oxazole rings is 1. The first-order chi connectivity index (χ1) is 13.5. The van der Waals surface area contributed by atoms with Crippen molar-refractivity contribution in [2.24, 2.45) is 0 Å². The molecule has 0 saturated heterocycles. The molecule has 1 atom stereocenters. The summed E-state index contributed by atoms with van der Waals surface area (Å²) in [5.74, 6) is 0.639. The van der Waals surface area contributed by atoms with Crippen LogP contribution in [-0.4, -0.2) is 15.2 Å². The number of nitriles is 1.